The van der Waals surface area contributed by atoms with Gasteiger partial charge in [-0.05, 0) is 55.4 Å². The SMILES string of the molecule is CN1C(=O)c2ccc3c4ccc(C=O)c5c(CO)ccc(c6ccc(c2c36)C1=O)c54. The minimum absolute atomic E-state index is 0.170. The summed E-state index contributed by atoms with van der Waals surface area (Å²) in [5, 5.41) is 16.8. The highest BCUT2D eigenvalue weighted by Crippen LogP contribution is 2.44. The van der Waals surface area contributed by atoms with Crippen LogP contribution >= 0.6 is 0 Å². The van der Waals surface area contributed by atoms with Gasteiger partial charge in [-0.15, -0.1) is 0 Å². The van der Waals surface area contributed by atoms with Crippen molar-refractivity contribution in [1.29, 1.82) is 0 Å². The highest BCUT2D eigenvalue weighted by Gasteiger charge is 2.31. The maximum Gasteiger partial charge on any atom is 0.261 e. The van der Waals surface area contributed by atoms with Crippen LogP contribution in [-0.4, -0.2) is 35.2 Å². The Morgan fingerprint density at radius 3 is 1.77 bits per heavy atom. The second-order valence-corrected chi connectivity index (χ2v) is 7.74. The molecule has 2 amide bonds. The van der Waals surface area contributed by atoms with Crippen LogP contribution in [0.15, 0.2) is 48.5 Å². The molecule has 6 rings (SSSR count). The molecule has 0 saturated heterocycles. The van der Waals surface area contributed by atoms with E-state index in [-0.39, 0.29) is 18.4 Å². The molecule has 0 atom stereocenters. The van der Waals surface area contributed by atoms with Gasteiger partial charge in [0.15, 0.2) is 6.29 Å². The van der Waals surface area contributed by atoms with Gasteiger partial charge < -0.3 is 5.11 Å². The number of amides is 2. The minimum Gasteiger partial charge on any atom is -0.392 e. The molecule has 0 aromatic heterocycles. The average molecular weight is 393 g/mol. The summed E-state index contributed by atoms with van der Waals surface area (Å²) in [6.45, 7) is -0.170. The lowest BCUT2D eigenvalue weighted by atomic mass is 9.83. The van der Waals surface area contributed by atoms with Gasteiger partial charge in [0.2, 0.25) is 0 Å². The Hall–Kier alpha value is -3.83. The number of aliphatic hydroxyl groups excluding tert-OH is 1. The molecule has 0 saturated carbocycles. The molecule has 5 aromatic rings. The molecule has 1 heterocycles. The first-order valence-electron chi connectivity index (χ1n) is 9.64. The Balaban J connectivity index is 1.95. The Bertz CT molecular complexity index is 1530. The number of benzene rings is 5. The lowest BCUT2D eigenvalue weighted by Gasteiger charge is -2.26. The van der Waals surface area contributed by atoms with E-state index < -0.39 is 0 Å². The summed E-state index contributed by atoms with van der Waals surface area (Å²) < 4.78 is 0. The number of aliphatic hydroxyl groups is 1. The van der Waals surface area contributed by atoms with E-state index in [1.165, 1.54) is 7.05 Å². The number of carbonyl (C=O) groups is 3. The third kappa shape index (κ3) is 1.83. The molecule has 1 aliphatic rings. The first-order chi connectivity index (χ1) is 14.6. The van der Waals surface area contributed by atoms with Crippen LogP contribution in [0.1, 0.15) is 36.6 Å². The molecule has 5 heteroatoms. The molecule has 30 heavy (non-hydrogen) atoms. The van der Waals surface area contributed by atoms with E-state index >= 15 is 0 Å². The zero-order valence-corrected chi connectivity index (χ0v) is 16.0. The highest BCUT2D eigenvalue weighted by molar-refractivity contribution is 6.38. The third-order valence-electron chi connectivity index (χ3n) is 6.39. The topological polar surface area (TPSA) is 74.7 Å². The first-order valence-corrected chi connectivity index (χ1v) is 9.64. The monoisotopic (exact) mass is 393 g/mol. The van der Waals surface area contributed by atoms with Crippen LogP contribution in [0.3, 0.4) is 0 Å². The van der Waals surface area contributed by atoms with Crippen molar-refractivity contribution in [2.75, 3.05) is 7.05 Å². The number of aldehydes is 1. The Morgan fingerprint density at radius 1 is 0.733 bits per heavy atom. The summed E-state index contributed by atoms with van der Waals surface area (Å²) >= 11 is 0. The number of nitrogens with zero attached hydrogens (tertiary/aromatic N) is 1. The Morgan fingerprint density at radius 2 is 1.23 bits per heavy atom. The molecule has 5 aromatic carbocycles. The zero-order valence-electron chi connectivity index (χ0n) is 16.0. The standard InChI is InChI=1S/C25H15NO4/c1-26-24(29)18-8-6-16-14-4-2-12(10-27)20-13(11-28)3-5-15(21(14)20)17-7-9-19(25(26)30)23(18)22(16)17/h2-10,28H,11H2,1H3. The molecule has 0 radical (unpaired) electrons. The maximum atomic E-state index is 12.8. The minimum atomic E-state index is -0.306. The molecule has 0 spiro atoms. The fourth-order valence-corrected chi connectivity index (χ4v) is 5.03. The van der Waals surface area contributed by atoms with Crippen molar-refractivity contribution in [1.82, 2.24) is 4.90 Å². The molecule has 5 nitrogen and oxygen atoms in total. The maximum absolute atomic E-state index is 12.8. The molecule has 1 N–H and O–H groups in total. The van der Waals surface area contributed by atoms with Crippen LogP contribution < -0.4 is 0 Å². The van der Waals surface area contributed by atoms with Crippen LogP contribution in [-0.2, 0) is 6.61 Å². The molecular weight excluding hydrogens is 378 g/mol. The van der Waals surface area contributed by atoms with Gasteiger partial charge in [-0.25, -0.2) is 0 Å². The molecule has 0 bridgehead atoms. The van der Waals surface area contributed by atoms with Crippen LogP contribution in [0, 0.1) is 0 Å². The fraction of sp³-hybridized carbons (Fsp3) is 0.0800. The van der Waals surface area contributed by atoms with Crippen LogP contribution in [0.25, 0.3) is 43.1 Å². The first kappa shape index (κ1) is 17.1. The van der Waals surface area contributed by atoms with Gasteiger partial charge in [-0.2, -0.15) is 0 Å². The van der Waals surface area contributed by atoms with E-state index in [2.05, 4.69) is 0 Å². The van der Waals surface area contributed by atoms with Gasteiger partial charge in [0.05, 0.1) is 6.61 Å². The van der Waals surface area contributed by atoms with Crippen molar-refractivity contribution < 1.29 is 19.5 Å². The molecule has 1 aliphatic heterocycles. The second kappa shape index (κ2) is 5.62. The quantitative estimate of drug-likeness (QED) is 0.210. The van der Waals surface area contributed by atoms with Gasteiger partial charge in [-0.1, -0.05) is 36.4 Å². The van der Waals surface area contributed by atoms with E-state index in [9.17, 15) is 19.5 Å². The summed E-state index contributed by atoms with van der Waals surface area (Å²) in [6.07, 6.45) is 0.810. The van der Waals surface area contributed by atoms with Crippen LogP contribution in [0.5, 0.6) is 0 Å². The smallest absolute Gasteiger partial charge is 0.261 e. The largest absolute Gasteiger partial charge is 0.392 e. The van der Waals surface area contributed by atoms with E-state index in [1.807, 2.05) is 30.3 Å². The molecule has 144 valence electrons. The lowest BCUT2D eigenvalue weighted by molar-refractivity contribution is 0.0650. The van der Waals surface area contributed by atoms with Crippen molar-refractivity contribution in [2.24, 2.45) is 0 Å². The third-order valence-corrected chi connectivity index (χ3v) is 6.39. The van der Waals surface area contributed by atoms with Crippen molar-refractivity contribution in [3.8, 4) is 0 Å². The highest BCUT2D eigenvalue weighted by atomic mass is 16.3. The number of hydrogen-bond acceptors (Lipinski definition) is 4. The predicted molar refractivity (Wildman–Crippen MR) is 115 cm³/mol. The van der Waals surface area contributed by atoms with Crippen molar-refractivity contribution in [3.63, 3.8) is 0 Å². The van der Waals surface area contributed by atoms with Gasteiger partial charge in [0, 0.05) is 29.1 Å². The Labute approximate surface area is 170 Å². The number of fused-ring (bicyclic) bond motifs is 2. The van der Waals surface area contributed by atoms with E-state index in [4.69, 9.17) is 0 Å². The summed E-state index contributed by atoms with van der Waals surface area (Å²) in [6, 6.07) is 14.8. The van der Waals surface area contributed by atoms with Gasteiger partial charge in [0.1, 0.15) is 0 Å². The number of imide groups is 1. The van der Waals surface area contributed by atoms with Crippen LogP contribution in [0.2, 0.25) is 0 Å². The normalized spacial score (nSPS) is 14.0. The van der Waals surface area contributed by atoms with E-state index in [0.717, 1.165) is 48.9 Å². The summed E-state index contributed by atoms with van der Waals surface area (Å²) in [5.74, 6) is -0.613. The van der Waals surface area contributed by atoms with E-state index in [0.29, 0.717) is 27.6 Å². The summed E-state index contributed by atoms with van der Waals surface area (Å²) in [7, 11) is 1.50. The molecular formula is C25H15NO4. The van der Waals surface area contributed by atoms with Gasteiger partial charge in [-0.3, -0.25) is 19.3 Å². The molecule has 0 aliphatic carbocycles. The lowest BCUT2D eigenvalue weighted by Crippen LogP contribution is -2.36. The van der Waals surface area contributed by atoms with Crippen molar-refractivity contribution >= 4 is 61.2 Å². The zero-order chi connectivity index (χ0) is 20.7. The van der Waals surface area contributed by atoms with Crippen molar-refractivity contribution in [2.45, 2.75) is 6.61 Å². The van der Waals surface area contributed by atoms with Crippen molar-refractivity contribution in [3.05, 3.63) is 70.8 Å². The summed E-state index contributed by atoms with van der Waals surface area (Å²) in [5.41, 5.74) is 2.26. The number of rotatable bonds is 2. The number of hydrogen-bond donors (Lipinski definition) is 1. The summed E-state index contributed by atoms with van der Waals surface area (Å²) in [4.78, 5) is 38.5. The predicted octanol–water partition coefficient (Wildman–Crippen LogP) is 4.27. The molecule has 0 fully saturated rings. The fourth-order valence-electron chi connectivity index (χ4n) is 5.03. The van der Waals surface area contributed by atoms with E-state index in [1.54, 1.807) is 18.2 Å². The van der Waals surface area contributed by atoms with Crippen LogP contribution in [0.4, 0.5) is 0 Å². The molecule has 0 unspecified atom stereocenters. The van der Waals surface area contributed by atoms with Gasteiger partial charge >= 0.3 is 0 Å². The van der Waals surface area contributed by atoms with Gasteiger partial charge in [0.25, 0.3) is 11.8 Å². The number of carbonyl (C=O) groups excluding carboxylic acids is 3. The Kier molecular flexibility index (Phi) is 3.19. The second-order valence-electron chi connectivity index (χ2n) is 7.74. The average Bonchev–Trinajstić information content (AvgIpc) is 2.79.